The fourth-order valence-corrected chi connectivity index (χ4v) is 1.40. The number of rotatable bonds is 8. The van der Waals surface area contributed by atoms with Crippen molar-refractivity contribution in [1.29, 1.82) is 0 Å². The largest absolute Gasteiger partial charge is 0.460 e. The van der Waals surface area contributed by atoms with Gasteiger partial charge in [0.15, 0.2) is 0 Å². The van der Waals surface area contributed by atoms with E-state index >= 15 is 0 Å². The molecule has 0 aliphatic carbocycles. The first kappa shape index (κ1) is 25.0. The second-order valence-electron chi connectivity index (χ2n) is 5.05. The Kier molecular flexibility index (Phi) is 6.61. The highest BCUT2D eigenvalue weighted by Crippen LogP contribution is 2.60. The lowest BCUT2D eigenvalue weighted by molar-refractivity contribution is -0.444. The van der Waals surface area contributed by atoms with Crippen molar-refractivity contribution in [2.75, 3.05) is 6.61 Å². The first-order valence-electron chi connectivity index (χ1n) is 6.17. The molecule has 0 aliphatic heterocycles. The van der Waals surface area contributed by atoms with E-state index in [1.54, 1.807) is 0 Å². The van der Waals surface area contributed by atoms with E-state index in [0.717, 1.165) is 0 Å². The predicted octanol–water partition coefficient (Wildman–Crippen LogP) is 4.33. The second kappa shape index (κ2) is 6.87. The lowest BCUT2D eigenvalue weighted by Crippen LogP contribution is -2.71. The van der Waals surface area contributed by atoms with Gasteiger partial charge >= 0.3 is 35.8 Å². The fourth-order valence-electron chi connectivity index (χ4n) is 1.40. The van der Waals surface area contributed by atoms with Crippen molar-refractivity contribution < 1.29 is 66.9 Å². The van der Waals surface area contributed by atoms with Gasteiger partial charge in [-0.2, -0.15) is 57.1 Å². The minimum atomic E-state index is -7.95. The molecule has 157 valence electrons. The van der Waals surface area contributed by atoms with Crippen LogP contribution in [-0.4, -0.2) is 59.7 Å². The van der Waals surface area contributed by atoms with E-state index in [1.807, 2.05) is 0 Å². The first-order chi connectivity index (χ1) is 11.1. The average Bonchev–Trinajstić information content (AvgIpc) is 2.42. The molecule has 0 spiro atoms. The van der Waals surface area contributed by atoms with Gasteiger partial charge < -0.3 is 9.84 Å². The Balaban J connectivity index is 6.08. The zero-order valence-electron chi connectivity index (χ0n) is 12.3. The number of hydrogen-bond acceptors (Lipinski definition) is 2. The van der Waals surface area contributed by atoms with Crippen molar-refractivity contribution in [3.05, 3.63) is 6.92 Å². The van der Waals surface area contributed by atoms with Gasteiger partial charge in [-0.15, -0.1) is 0 Å². The molecule has 0 amide bonds. The third-order valence-electron chi connectivity index (χ3n) is 3.01. The summed E-state index contributed by atoms with van der Waals surface area (Å²) in [6, 6.07) is 0. The Bertz CT molecular complexity index is 483. The van der Waals surface area contributed by atoms with Crippen molar-refractivity contribution in [3.8, 4) is 0 Å². The maximum atomic E-state index is 13.4. The Morgan fingerprint density at radius 2 is 1.08 bits per heavy atom. The quantitative estimate of drug-likeness (QED) is 0.592. The van der Waals surface area contributed by atoms with Crippen LogP contribution in [0.15, 0.2) is 0 Å². The summed E-state index contributed by atoms with van der Waals surface area (Å²) in [6.45, 7) is 1.32. The molecule has 1 N–H and O–H groups in total. The van der Waals surface area contributed by atoms with E-state index in [0.29, 0.717) is 0 Å². The third-order valence-corrected chi connectivity index (χ3v) is 3.01. The van der Waals surface area contributed by atoms with Gasteiger partial charge in [0.1, 0.15) is 6.10 Å². The zero-order valence-corrected chi connectivity index (χ0v) is 12.3. The van der Waals surface area contributed by atoms with E-state index in [2.05, 4.69) is 11.7 Å². The monoisotopic (exact) mass is 421 g/mol. The molecule has 0 saturated heterocycles. The number of alkyl halides is 13. The molecule has 2 unspecified atom stereocenters. The van der Waals surface area contributed by atoms with Gasteiger partial charge in [0, 0.05) is 0 Å². The molecular formula is C11H10F13O2. The summed E-state index contributed by atoms with van der Waals surface area (Å²) in [5.74, 6) is -37.3. The molecule has 0 heterocycles. The number of halogens is 13. The summed E-state index contributed by atoms with van der Waals surface area (Å²) >= 11 is 0. The minimum Gasteiger partial charge on any atom is -0.391 e. The lowest BCUT2D eigenvalue weighted by Gasteiger charge is -2.41. The van der Waals surface area contributed by atoms with Crippen LogP contribution in [0.3, 0.4) is 0 Å². The van der Waals surface area contributed by atoms with Gasteiger partial charge in [-0.05, 0) is 13.8 Å². The molecule has 26 heavy (non-hydrogen) atoms. The van der Waals surface area contributed by atoms with Crippen LogP contribution in [0.5, 0.6) is 0 Å². The lowest BCUT2D eigenvalue weighted by atomic mass is 9.92. The highest BCUT2D eigenvalue weighted by atomic mass is 19.4. The van der Waals surface area contributed by atoms with E-state index in [9.17, 15) is 57.1 Å². The summed E-state index contributed by atoms with van der Waals surface area (Å²) in [5.41, 5.74) is 0. The van der Waals surface area contributed by atoms with E-state index in [4.69, 9.17) is 5.11 Å². The van der Waals surface area contributed by atoms with Crippen molar-refractivity contribution in [3.63, 3.8) is 0 Å². The van der Waals surface area contributed by atoms with E-state index < -0.39 is 54.6 Å². The standard InChI is InChI=1S/C11H10F13O2/c1-4(25)3-26-5(2)6(12,13)7(14,15)8(16,17)9(18,19)10(20,21)11(22,23)24/h4-5,25H,1,3H2,2H3. The smallest absolute Gasteiger partial charge is 0.391 e. The topological polar surface area (TPSA) is 29.5 Å². The van der Waals surface area contributed by atoms with E-state index in [1.165, 1.54) is 0 Å². The van der Waals surface area contributed by atoms with Crippen LogP contribution >= 0.6 is 0 Å². The fraction of sp³-hybridized carbons (Fsp3) is 0.909. The Labute approximate surface area is 136 Å². The molecule has 0 aromatic carbocycles. The molecular weight excluding hydrogens is 411 g/mol. The number of ether oxygens (including phenoxy) is 1. The van der Waals surface area contributed by atoms with Gasteiger partial charge in [-0.1, -0.05) is 0 Å². The van der Waals surface area contributed by atoms with Crippen LogP contribution in [0, 0.1) is 6.92 Å². The second-order valence-corrected chi connectivity index (χ2v) is 5.05. The molecule has 2 atom stereocenters. The van der Waals surface area contributed by atoms with Gasteiger partial charge in [0.05, 0.1) is 12.7 Å². The summed E-state index contributed by atoms with van der Waals surface area (Å²) < 4.78 is 170. The average molecular weight is 421 g/mol. The number of aliphatic hydroxyl groups excluding tert-OH is 1. The highest BCUT2D eigenvalue weighted by Gasteiger charge is 2.91. The van der Waals surface area contributed by atoms with Crippen LogP contribution in [0.25, 0.3) is 0 Å². The van der Waals surface area contributed by atoms with Crippen molar-refractivity contribution in [2.45, 2.75) is 54.9 Å². The molecule has 15 heteroatoms. The molecule has 1 radical (unpaired) electrons. The molecule has 0 rings (SSSR count). The molecule has 0 fully saturated rings. The van der Waals surface area contributed by atoms with Gasteiger partial charge in [0.25, 0.3) is 0 Å². The van der Waals surface area contributed by atoms with Crippen LogP contribution in [-0.2, 0) is 4.74 Å². The van der Waals surface area contributed by atoms with Crippen molar-refractivity contribution >= 4 is 0 Å². The van der Waals surface area contributed by atoms with Gasteiger partial charge in [-0.25, -0.2) is 0 Å². The van der Waals surface area contributed by atoms with Crippen LogP contribution in [0.4, 0.5) is 57.1 Å². The van der Waals surface area contributed by atoms with E-state index in [-0.39, 0.29) is 6.92 Å². The highest BCUT2D eigenvalue weighted by molar-refractivity contribution is 5.11. The molecule has 0 aliphatic rings. The van der Waals surface area contributed by atoms with Crippen LogP contribution in [0.2, 0.25) is 0 Å². The maximum Gasteiger partial charge on any atom is 0.460 e. The zero-order chi connectivity index (χ0) is 21.6. The number of hydrogen-bond donors (Lipinski definition) is 1. The normalized spacial score (nSPS) is 18.0. The molecule has 0 aromatic heterocycles. The minimum absolute atomic E-state index is 0.0909. The third kappa shape index (κ3) is 3.68. The summed E-state index contributed by atoms with van der Waals surface area (Å²) in [5, 5.41) is 8.59. The Morgan fingerprint density at radius 3 is 1.38 bits per heavy atom. The summed E-state index contributed by atoms with van der Waals surface area (Å²) in [4.78, 5) is 0. The SMILES string of the molecule is [CH2]C(O)COC(C)C(F)(F)C(F)(F)C(F)(F)C(F)(F)C(F)(F)C(F)(F)F. The van der Waals surface area contributed by atoms with Crippen LogP contribution < -0.4 is 0 Å². The summed E-state index contributed by atoms with van der Waals surface area (Å²) in [7, 11) is 0. The predicted molar refractivity (Wildman–Crippen MR) is 57.6 cm³/mol. The molecule has 0 bridgehead atoms. The van der Waals surface area contributed by atoms with Gasteiger partial charge in [0.2, 0.25) is 0 Å². The Hall–Kier alpha value is -0.990. The van der Waals surface area contributed by atoms with Crippen LogP contribution in [0.1, 0.15) is 6.92 Å². The molecule has 0 saturated carbocycles. The van der Waals surface area contributed by atoms with Gasteiger partial charge in [-0.3, -0.25) is 0 Å². The molecule has 2 nitrogen and oxygen atoms in total. The van der Waals surface area contributed by atoms with Crippen molar-refractivity contribution in [2.24, 2.45) is 0 Å². The summed E-state index contributed by atoms with van der Waals surface area (Å²) in [6.07, 6.45) is -12.7. The first-order valence-corrected chi connectivity index (χ1v) is 6.17. The molecule has 0 aromatic rings. The Morgan fingerprint density at radius 1 is 0.731 bits per heavy atom. The number of aliphatic hydroxyl groups is 1. The van der Waals surface area contributed by atoms with Crippen molar-refractivity contribution in [1.82, 2.24) is 0 Å². The maximum absolute atomic E-state index is 13.4.